The molecule has 0 fully saturated rings. The van der Waals surface area contributed by atoms with Crippen molar-refractivity contribution < 1.29 is 28.6 Å². The van der Waals surface area contributed by atoms with Gasteiger partial charge in [0.25, 0.3) is 11.5 Å². The first-order valence-electron chi connectivity index (χ1n) is 6.47. The molecule has 1 unspecified atom stereocenters. The lowest BCUT2D eigenvalue weighted by Crippen LogP contribution is -2.25. The van der Waals surface area contributed by atoms with Gasteiger partial charge >= 0.3 is 12.1 Å². The lowest BCUT2D eigenvalue weighted by molar-refractivity contribution is -0.164. The Bertz CT molecular complexity index is 552. The number of carbonyl (C=O) groups is 3. The third-order valence-electron chi connectivity index (χ3n) is 2.45. The second-order valence-corrected chi connectivity index (χ2v) is 4.47. The highest BCUT2D eigenvalue weighted by Gasteiger charge is 2.18. The van der Waals surface area contributed by atoms with Gasteiger partial charge in [0, 0.05) is 18.1 Å². The minimum absolute atomic E-state index is 0.164. The number of hydrogen-bond donors (Lipinski definition) is 0. The van der Waals surface area contributed by atoms with Crippen molar-refractivity contribution in [2.75, 3.05) is 0 Å². The van der Waals surface area contributed by atoms with Gasteiger partial charge in [0.1, 0.15) is 5.75 Å². The molecule has 6 nitrogen and oxygen atoms in total. The first-order chi connectivity index (χ1) is 10.5. The first kappa shape index (κ1) is 17.7. The van der Waals surface area contributed by atoms with Gasteiger partial charge in [-0.2, -0.15) is 0 Å². The molecule has 0 spiro atoms. The standard InChI is InChI=1S/C15H15ClO6/c1-3-5-13(21-12(17)4-2)22-15(19)20-11-8-6-10(7-9-11)14(16)18/h4,6-9,13H,2-3,5H2,1H3. The molecule has 0 aliphatic carbocycles. The Balaban J connectivity index is 2.60. The molecule has 0 aliphatic rings. The number of halogens is 1. The molecule has 0 aromatic heterocycles. The van der Waals surface area contributed by atoms with Gasteiger partial charge in [-0.05, 0) is 42.3 Å². The second-order valence-electron chi connectivity index (χ2n) is 4.13. The van der Waals surface area contributed by atoms with Crippen LogP contribution in [0.25, 0.3) is 0 Å². The molecule has 0 bridgehead atoms. The fraction of sp³-hybridized carbons (Fsp3) is 0.267. The van der Waals surface area contributed by atoms with Crippen LogP contribution in [-0.4, -0.2) is 23.7 Å². The van der Waals surface area contributed by atoms with Gasteiger partial charge in [-0.3, -0.25) is 4.79 Å². The highest BCUT2D eigenvalue weighted by atomic mass is 35.5. The third-order valence-corrected chi connectivity index (χ3v) is 2.67. The topological polar surface area (TPSA) is 78.9 Å². The van der Waals surface area contributed by atoms with Crippen molar-refractivity contribution in [3.63, 3.8) is 0 Å². The van der Waals surface area contributed by atoms with Crippen LogP contribution in [0.1, 0.15) is 30.1 Å². The van der Waals surface area contributed by atoms with Crippen molar-refractivity contribution in [3.05, 3.63) is 42.5 Å². The molecule has 0 saturated heterocycles. The van der Waals surface area contributed by atoms with E-state index in [0.29, 0.717) is 12.8 Å². The number of ether oxygens (including phenoxy) is 3. The Morgan fingerprint density at radius 2 is 1.86 bits per heavy atom. The number of carbonyl (C=O) groups excluding carboxylic acids is 3. The van der Waals surface area contributed by atoms with E-state index in [0.717, 1.165) is 6.08 Å². The largest absolute Gasteiger partial charge is 0.516 e. The summed E-state index contributed by atoms with van der Waals surface area (Å²) in [6.45, 7) is 5.10. The molecular formula is C15H15ClO6. The van der Waals surface area contributed by atoms with Crippen LogP contribution in [0.5, 0.6) is 5.75 Å². The fourth-order valence-corrected chi connectivity index (χ4v) is 1.56. The lowest BCUT2D eigenvalue weighted by atomic mass is 10.2. The Kier molecular flexibility index (Phi) is 7.12. The molecule has 1 aromatic rings. The molecule has 0 heterocycles. The molecule has 22 heavy (non-hydrogen) atoms. The second kappa shape index (κ2) is 8.84. The predicted molar refractivity (Wildman–Crippen MR) is 78.7 cm³/mol. The highest BCUT2D eigenvalue weighted by molar-refractivity contribution is 6.67. The molecular weight excluding hydrogens is 312 g/mol. The van der Waals surface area contributed by atoms with Crippen LogP contribution in [-0.2, 0) is 14.3 Å². The quantitative estimate of drug-likeness (QED) is 0.251. The maximum Gasteiger partial charge on any atom is 0.516 e. The van der Waals surface area contributed by atoms with Crippen LogP contribution in [0.4, 0.5) is 4.79 Å². The Hall–Kier alpha value is -2.34. The van der Waals surface area contributed by atoms with E-state index in [-0.39, 0.29) is 11.3 Å². The van der Waals surface area contributed by atoms with E-state index in [9.17, 15) is 14.4 Å². The van der Waals surface area contributed by atoms with E-state index in [2.05, 4.69) is 6.58 Å². The zero-order valence-corrected chi connectivity index (χ0v) is 12.7. The first-order valence-corrected chi connectivity index (χ1v) is 6.85. The molecule has 118 valence electrons. The van der Waals surface area contributed by atoms with E-state index in [1.54, 1.807) is 0 Å². The summed E-state index contributed by atoms with van der Waals surface area (Å²) in [5.74, 6) is -0.534. The fourth-order valence-electron chi connectivity index (χ4n) is 1.44. The van der Waals surface area contributed by atoms with Crippen LogP contribution < -0.4 is 4.74 Å². The molecule has 0 aliphatic heterocycles. The van der Waals surface area contributed by atoms with Gasteiger partial charge in [0.15, 0.2) is 0 Å². The van der Waals surface area contributed by atoms with Crippen molar-refractivity contribution in [3.8, 4) is 5.75 Å². The Labute approximate surface area is 132 Å². The average molecular weight is 327 g/mol. The maximum absolute atomic E-state index is 11.6. The summed E-state index contributed by atoms with van der Waals surface area (Å²) >= 11 is 5.30. The SMILES string of the molecule is C=CC(=O)OC(CCC)OC(=O)Oc1ccc(C(=O)Cl)cc1. The summed E-state index contributed by atoms with van der Waals surface area (Å²) in [4.78, 5) is 33.7. The molecule has 0 amide bonds. The molecule has 0 radical (unpaired) electrons. The summed E-state index contributed by atoms with van der Waals surface area (Å²) in [7, 11) is 0. The van der Waals surface area contributed by atoms with E-state index in [4.69, 9.17) is 25.8 Å². The van der Waals surface area contributed by atoms with Gasteiger partial charge < -0.3 is 14.2 Å². The minimum Gasteiger partial charge on any atom is -0.422 e. The number of esters is 1. The van der Waals surface area contributed by atoms with Gasteiger partial charge in [0.05, 0.1) is 0 Å². The van der Waals surface area contributed by atoms with Gasteiger partial charge in [-0.1, -0.05) is 13.5 Å². The molecule has 0 N–H and O–H groups in total. The summed E-state index contributed by atoms with van der Waals surface area (Å²) in [6, 6.07) is 5.58. The van der Waals surface area contributed by atoms with Crippen molar-refractivity contribution in [1.82, 2.24) is 0 Å². The van der Waals surface area contributed by atoms with Crippen LogP contribution in [0.3, 0.4) is 0 Å². The van der Waals surface area contributed by atoms with Gasteiger partial charge in [-0.15, -0.1) is 0 Å². The van der Waals surface area contributed by atoms with Crippen molar-refractivity contribution in [2.45, 2.75) is 26.1 Å². The molecule has 0 saturated carbocycles. The average Bonchev–Trinajstić information content (AvgIpc) is 2.47. The Morgan fingerprint density at radius 1 is 1.23 bits per heavy atom. The monoisotopic (exact) mass is 326 g/mol. The number of hydrogen-bond acceptors (Lipinski definition) is 6. The zero-order chi connectivity index (χ0) is 16.5. The van der Waals surface area contributed by atoms with Crippen molar-refractivity contribution in [1.29, 1.82) is 0 Å². The summed E-state index contributed by atoms with van der Waals surface area (Å²) < 4.78 is 14.7. The van der Waals surface area contributed by atoms with Gasteiger partial charge in [0.2, 0.25) is 0 Å². The van der Waals surface area contributed by atoms with Crippen LogP contribution in [0, 0.1) is 0 Å². The van der Waals surface area contributed by atoms with Crippen molar-refractivity contribution in [2.24, 2.45) is 0 Å². The zero-order valence-electron chi connectivity index (χ0n) is 11.9. The van der Waals surface area contributed by atoms with Crippen LogP contribution in [0.15, 0.2) is 36.9 Å². The molecule has 7 heteroatoms. The molecule has 1 atom stereocenters. The van der Waals surface area contributed by atoms with Crippen LogP contribution in [0.2, 0.25) is 0 Å². The summed E-state index contributed by atoms with van der Waals surface area (Å²) in [5.41, 5.74) is 0.270. The van der Waals surface area contributed by atoms with E-state index < -0.39 is 23.7 Å². The highest BCUT2D eigenvalue weighted by Crippen LogP contribution is 2.15. The van der Waals surface area contributed by atoms with E-state index in [1.807, 2.05) is 6.92 Å². The summed E-state index contributed by atoms with van der Waals surface area (Å²) in [6.07, 6.45) is -0.144. The molecule has 1 aromatic carbocycles. The third kappa shape index (κ3) is 5.97. The van der Waals surface area contributed by atoms with Crippen LogP contribution >= 0.6 is 11.6 Å². The van der Waals surface area contributed by atoms with E-state index >= 15 is 0 Å². The Morgan fingerprint density at radius 3 is 2.36 bits per heavy atom. The number of benzene rings is 1. The van der Waals surface area contributed by atoms with E-state index in [1.165, 1.54) is 24.3 Å². The smallest absolute Gasteiger partial charge is 0.422 e. The maximum atomic E-state index is 11.6. The lowest BCUT2D eigenvalue weighted by Gasteiger charge is -2.16. The molecule has 1 rings (SSSR count). The van der Waals surface area contributed by atoms with Gasteiger partial charge in [-0.25, -0.2) is 9.59 Å². The predicted octanol–water partition coefficient (Wildman–Crippen LogP) is 3.44. The summed E-state index contributed by atoms with van der Waals surface area (Å²) in [5, 5.41) is -0.617. The van der Waals surface area contributed by atoms with Crippen molar-refractivity contribution >= 4 is 29.0 Å². The normalized spacial score (nSPS) is 11.2. The minimum atomic E-state index is -1.05. The number of rotatable bonds is 7.